The Morgan fingerprint density at radius 2 is 2.26 bits per heavy atom. The van der Waals surface area contributed by atoms with Crippen LogP contribution >= 0.6 is 23.4 Å². The van der Waals surface area contributed by atoms with Crippen molar-refractivity contribution in [3.05, 3.63) is 22.7 Å². The number of hydrogen-bond acceptors (Lipinski definition) is 4. The maximum Gasteiger partial charge on any atom is 0.248 e. The number of methoxy groups -OCH3 is 1. The second-order valence-corrected chi connectivity index (χ2v) is 7.97. The van der Waals surface area contributed by atoms with Gasteiger partial charge in [0, 0.05) is 23.3 Å². The highest BCUT2D eigenvalue weighted by atomic mass is 35.5. The first-order valence-electron chi connectivity index (χ1n) is 7.47. The van der Waals surface area contributed by atoms with Crippen molar-refractivity contribution in [2.24, 2.45) is 0 Å². The van der Waals surface area contributed by atoms with Crippen molar-refractivity contribution in [2.75, 3.05) is 18.2 Å². The molecule has 2 amide bonds. The Labute approximate surface area is 144 Å². The molecule has 2 atom stereocenters. The minimum atomic E-state index is -0.444. The van der Waals surface area contributed by atoms with E-state index < -0.39 is 6.04 Å². The first-order chi connectivity index (χ1) is 10.9. The monoisotopic (exact) mass is 354 g/mol. The molecule has 1 aromatic carbocycles. The van der Waals surface area contributed by atoms with Gasteiger partial charge in [0.1, 0.15) is 11.8 Å². The normalized spacial score (nSPS) is 26.3. The van der Waals surface area contributed by atoms with Crippen molar-refractivity contribution in [1.82, 2.24) is 4.90 Å². The SMILES string of the molecule is COc1cc(Cl)c(C)cc1NC(=O)[C@H]1CS[C@@]2(C)CCC(=O)N12. The van der Waals surface area contributed by atoms with Crippen LogP contribution in [0, 0.1) is 6.92 Å². The minimum Gasteiger partial charge on any atom is -0.495 e. The molecule has 3 rings (SSSR count). The number of thioether (sulfide) groups is 1. The Kier molecular flexibility index (Phi) is 4.23. The van der Waals surface area contributed by atoms with E-state index in [2.05, 4.69) is 5.32 Å². The third kappa shape index (κ3) is 2.78. The van der Waals surface area contributed by atoms with Crippen LogP contribution in [-0.4, -0.2) is 40.5 Å². The molecule has 0 saturated carbocycles. The second kappa shape index (κ2) is 5.91. The number of hydrogen-bond donors (Lipinski definition) is 1. The molecule has 0 aromatic heterocycles. The van der Waals surface area contributed by atoms with Crippen LogP contribution in [0.15, 0.2) is 12.1 Å². The highest BCUT2D eigenvalue weighted by Gasteiger charge is 2.52. The zero-order valence-corrected chi connectivity index (χ0v) is 14.9. The van der Waals surface area contributed by atoms with Gasteiger partial charge in [0.25, 0.3) is 0 Å². The van der Waals surface area contributed by atoms with Gasteiger partial charge in [-0.2, -0.15) is 0 Å². The van der Waals surface area contributed by atoms with E-state index >= 15 is 0 Å². The number of carbonyl (C=O) groups excluding carboxylic acids is 2. The fraction of sp³-hybridized carbons (Fsp3) is 0.500. The van der Waals surface area contributed by atoms with E-state index in [0.717, 1.165) is 12.0 Å². The lowest BCUT2D eigenvalue weighted by Gasteiger charge is -2.30. The molecule has 1 N–H and O–H groups in total. The van der Waals surface area contributed by atoms with Crippen LogP contribution in [0.3, 0.4) is 0 Å². The molecule has 2 saturated heterocycles. The largest absolute Gasteiger partial charge is 0.495 e. The highest BCUT2D eigenvalue weighted by molar-refractivity contribution is 8.01. The zero-order chi connectivity index (χ0) is 16.8. The van der Waals surface area contributed by atoms with Crippen molar-refractivity contribution < 1.29 is 14.3 Å². The van der Waals surface area contributed by atoms with Crippen LogP contribution in [0.2, 0.25) is 5.02 Å². The fourth-order valence-corrected chi connectivity index (χ4v) is 4.75. The van der Waals surface area contributed by atoms with Crippen molar-refractivity contribution in [3.8, 4) is 5.75 Å². The molecule has 0 aliphatic carbocycles. The lowest BCUT2D eigenvalue weighted by Crippen LogP contribution is -2.48. The van der Waals surface area contributed by atoms with Gasteiger partial charge in [0.15, 0.2) is 0 Å². The molecular formula is C16H19ClN2O3S. The number of benzene rings is 1. The summed E-state index contributed by atoms with van der Waals surface area (Å²) in [5, 5.41) is 3.47. The number of nitrogens with zero attached hydrogens (tertiary/aromatic N) is 1. The molecule has 0 unspecified atom stereocenters. The van der Waals surface area contributed by atoms with Gasteiger partial charge in [-0.15, -0.1) is 11.8 Å². The molecule has 23 heavy (non-hydrogen) atoms. The van der Waals surface area contributed by atoms with Crippen molar-refractivity contribution in [2.45, 2.75) is 37.6 Å². The molecule has 5 nitrogen and oxygen atoms in total. The lowest BCUT2D eigenvalue weighted by molar-refractivity contribution is -0.135. The zero-order valence-electron chi connectivity index (χ0n) is 13.3. The van der Waals surface area contributed by atoms with Gasteiger partial charge < -0.3 is 15.0 Å². The average Bonchev–Trinajstić information content (AvgIpc) is 2.99. The molecule has 124 valence electrons. The summed E-state index contributed by atoms with van der Waals surface area (Å²) in [4.78, 5) is 26.3. The summed E-state index contributed by atoms with van der Waals surface area (Å²) in [6, 6.07) is 3.02. The van der Waals surface area contributed by atoms with Gasteiger partial charge in [-0.3, -0.25) is 9.59 Å². The van der Waals surface area contributed by atoms with Crippen LogP contribution in [0.1, 0.15) is 25.3 Å². The fourth-order valence-electron chi connectivity index (χ4n) is 3.16. The molecule has 2 aliphatic rings. The number of halogens is 1. The quantitative estimate of drug-likeness (QED) is 0.906. The predicted octanol–water partition coefficient (Wildman–Crippen LogP) is 3.05. The molecular weight excluding hydrogens is 336 g/mol. The minimum absolute atomic E-state index is 0.0527. The van der Waals surface area contributed by atoms with Crippen molar-refractivity contribution in [1.29, 1.82) is 0 Å². The molecule has 2 aliphatic heterocycles. The summed E-state index contributed by atoms with van der Waals surface area (Å²) in [7, 11) is 1.53. The number of amides is 2. The van der Waals surface area contributed by atoms with Gasteiger partial charge in [-0.25, -0.2) is 0 Å². The maximum absolute atomic E-state index is 12.7. The van der Waals surface area contributed by atoms with Gasteiger partial charge in [0.05, 0.1) is 17.7 Å². The molecule has 0 spiro atoms. The van der Waals surface area contributed by atoms with E-state index in [1.54, 1.807) is 28.8 Å². The van der Waals surface area contributed by atoms with E-state index in [4.69, 9.17) is 16.3 Å². The number of anilines is 1. The summed E-state index contributed by atoms with van der Waals surface area (Å²) in [5.41, 5.74) is 1.43. The van der Waals surface area contributed by atoms with Crippen LogP contribution in [-0.2, 0) is 9.59 Å². The first kappa shape index (κ1) is 16.5. The molecule has 7 heteroatoms. The number of nitrogens with one attached hydrogen (secondary N) is 1. The van der Waals surface area contributed by atoms with Crippen LogP contribution in [0.5, 0.6) is 5.75 Å². The predicted molar refractivity (Wildman–Crippen MR) is 92.1 cm³/mol. The van der Waals surface area contributed by atoms with Crippen LogP contribution in [0.4, 0.5) is 5.69 Å². The van der Waals surface area contributed by atoms with Gasteiger partial charge in [-0.1, -0.05) is 11.6 Å². The van der Waals surface area contributed by atoms with Crippen LogP contribution in [0.25, 0.3) is 0 Å². The van der Waals surface area contributed by atoms with E-state index in [0.29, 0.717) is 28.6 Å². The number of ether oxygens (including phenoxy) is 1. The third-order valence-corrected chi connectivity index (χ3v) is 6.40. The Hall–Kier alpha value is -1.40. The molecule has 1 aromatic rings. The van der Waals surface area contributed by atoms with E-state index in [9.17, 15) is 9.59 Å². The van der Waals surface area contributed by atoms with Gasteiger partial charge in [0.2, 0.25) is 11.8 Å². The van der Waals surface area contributed by atoms with Gasteiger partial charge >= 0.3 is 0 Å². The molecule has 0 bridgehead atoms. The summed E-state index contributed by atoms with van der Waals surface area (Å²) in [6.45, 7) is 3.90. The Bertz CT molecular complexity index is 682. The summed E-state index contributed by atoms with van der Waals surface area (Å²) in [6.07, 6.45) is 1.31. The summed E-state index contributed by atoms with van der Waals surface area (Å²) >= 11 is 7.76. The maximum atomic E-state index is 12.7. The molecule has 2 heterocycles. The first-order valence-corrected chi connectivity index (χ1v) is 8.83. The summed E-state index contributed by atoms with van der Waals surface area (Å²) in [5.74, 6) is 0.992. The third-order valence-electron chi connectivity index (χ3n) is 4.49. The second-order valence-electron chi connectivity index (χ2n) is 6.06. The van der Waals surface area contributed by atoms with E-state index in [1.165, 1.54) is 7.11 Å². The standard InChI is InChI=1S/C16H19ClN2O3S/c1-9-6-11(13(22-3)7-10(9)17)18-15(21)12-8-23-16(2)5-4-14(20)19(12)16/h6-7,12H,4-5,8H2,1-3H3,(H,18,21)/t12-,16+/m1/s1. The van der Waals surface area contributed by atoms with E-state index in [-0.39, 0.29) is 16.7 Å². The Balaban J connectivity index is 1.83. The number of fused-ring (bicyclic) bond motifs is 1. The highest BCUT2D eigenvalue weighted by Crippen LogP contribution is 2.47. The molecule has 0 radical (unpaired) electrons. The van der Waals surface area contributed by atoms with Crippen molar-refractivity contribution in [3.63, 3.8) is 0 Å². The van der Waals surface area contributed by atoms with E-state index in [1.807, 2.05) is 13.8 Å². The number of aryl methyl sites for hydroxylation is 1. The van der Waals surface area contributed by atoms with Crippen molar-refractivity contribution >= 4 is 40.9 Å². The Morgan fingerprint density at radius 3 is 2.96 bits per heavy atom. The lowest BCUT2D eigenvalue weighted by atomic mass is 10.1. The van der Waals surface area contributed by atoms with Gasteiger partial charge in [-0.05, 0) is 31.9 Å². The number of carbonyl (C=O) groups is 2. The topological polar surface area (TPSA) is 58.6 Å². The summed E-state index contributed by atoms with van der Waals surface area (Å²) < 4.78 is 5.29. The Morgan fingerprint density at radius 1 is 1.52 bits per heavy atom. The molecule has 2 fully saturated rings. The number of rotatable bonds is 3. The smallest absolute Gasteiger partial charge is 0.248 e. The van der Waals surface area contributed by atoms with Crippen LogP contribution < -0.4 is 10.1 Å². The average molecular weight is 355 g/mol.